The summed E-state index contributed by atoms with van der Waals surface area (Å²) in [7, 11) is 0. The van der Waals surface area contributed by atoms with Crippen LogP contribution in [0.1, 0.15) is 38.1 Å². The van der Waals surface area contributed by atoms with Crippen molar-refractivity contribution in [1.29, 1.82) is 0 Å². The number of carbonyl (C=O) groups is 1. The molecule has 0 unspecified atom stereocenters. The van der Waals surface area contributed by atoms with E-state index >= 15 is 0 Å². The topological polar surface area (TPSA) is 120 Å². The molecule has 4 N–H and O–H groups in total. The highest BCUT2D eigenvalue weighted by molar-refractivity contribution is 6.41. The molecule has 1 aliphatic carbocycles. The summed E-state index contributed by atoms with van der Waals surface area (Å²) in [4.78, 5) is 25.5. The highest BCUT2D eigenvalue weighted by Gasteiger charge is 2.30. The lowest BCUT2D eigenvalue weighted by molar-refractivity contribution is -0.122. The molecule has 0 bridgehead atoms. The van der Waals surface area contributed by atoms with E-state index in [0.717, 1.165) is 0 Å². The number of nitrogens with one attached hydrogen (secondary N) is 2. The molecule has 1 aliphatic heterocycles. The molecule has 1 aromatic carbocycles. The van der Waals surface area contributed by atoms with Crippen LogP contribution in [0.2, 0.25) is 15.1 Å². The van der Waals surface area contributed by atoms with Gasteiger partial charge in [-0.1, -0.05) is 34.8 Å². The molecule has 2 aliphatic rings. The number of carbonyl (C=O) groups excluding carboxylic acids is 1. The molecular weight excluding hydrogens is 532 g/mol. The van der Waals surface area contributed by atoms with Gasteiger partial charge in [0.05, 0.1) is 34.6 Å². The number of halogens is 4. The number of fused-ring (bicyclic) bond motifs is 1. The zero-order valence-electron chi connectivity index (χ0n) is 19.2. The summed E-state index contributed by atoms with van der Waals surface area (Å²) in [5.74, 6) is 0.334. The molecule has 9 nitrogen and oxygen atoms in total. The Morgan fingerprint density at radius 1 is 1.11 bits per heavy atom. The zero-order valence-corrected chi connectivity index (χ0v) is 21.5. The lowest BCUT2D eigenvalue weighted by atomic mass is 9.85. The number of imidazole rings is 1. The van der Waals surface area contributed by atoms with E-state index in [2.05, 4.69) is 15.6 Å². The zero-order chi connectivity index (χ0) is 25.4. The molecule has 5 rings (SSSR count). The fourth-order valence-corrected chi connectivity index (χ4v) is 5.73. The second kappa shape index (κ2) is 10.5. The van der Waals surface area contributed by atoms with E-state index in [0.29, 0.717) is 82.5 Å². The molecule has 192 valence electrons. The molecule has 3 aromatic rings. The molecule has 2 atom stereocenters. The third-order valence-electron chi connectivity index (χ3n) is 6.74. The number of aromatic nitrogens is 4. The van der Waals surface area contributed by atoms with Crippen molar-refractivity contribution < 1.29 is 13.9 Å². The minimum absolute atomic E-state index is 0.0160. The molecular formula is C23H25Cl3FN7O2. The number of benzene rings is 1. The average molecular weight is 557 g/mol. The number of ether oxygens (including phenoxy) is 1. The third kappa shape index (κ3) is 5.18. The van der Waals surface area contributed by atoms with E-state index in [1.807, 2.05) is 4.57 Å². The van der Waals surface area contributed by atoms with Crippen LogP contribution in [0.4, 0.5) is 22.0 Å². The van der Waals surface area contributed by atoms with Gasteiger partial charge in [0.15, 0.2) is 5.65 Å². The van der Waals surface area contributed by atoms with Gasteiger partial charge in [-0.2, -0.15) is 4.98 Å². The summed E-state index contributed by atoms with van der Waals surface area (Å²) in [6, 6.07) is 2.72. The minimum Gasteiger partial charge on any atom is -0.378 e. The first kappa shape index (κ1) is 25.3. The molecule has 1 saturated carbocycles. The fraction of sp³-hybridized carbons (Fsp3) is 0.478. The van der Waals surface area contributed by atoms with Crippen molar-refractivity contribution in [2.75, 3.05) is 23.8 Å². The Bertz CT molecular complexity index is 1260. The number of nitrogens with two attached hydrogens (primary N) is 1. The van der Waals surface area contributed by atoms with Gasteiger partial charge in [-0.25, -0.2) is 14.4 Å². The van der Waals surface area contributed by atoms with E-state index in [9.17, 15) is 9.18 Å². The Kier molecular flexibility index (Phi) is 7.39. The summed E-state index contributed by atoms with van der Waals surface area (Å²) in [6.45, 7) is 0.510. The predicted molar refractivity (Wildman–Crippen MR) is 138 cm³/mol. The fourth-order valence-electron chi connectivity index (χ4n) is 4.82. The summed E-state index contributed by atoms with van der Waals surface area (Å²) >= 11 is 18.9. The number of hydrogen-bond donors (Lipinski definition) is 3. The first-order valence-electron chi connectivity index (χ1n) is 11.7. The maximum atomic E-state index is 14.3. The van der Waals surface area contributed by atoms with Crippen molar-refractivity contribution >= 4 is 69.5 Å². The molecule has 0 radical (unpaired) electrons. The van der Waals surface area contributed by atoms with Gasteiger partial charge in [-0.15, -0.1) is 0 Å². The Morgan fingerprint density at radius 3 is 2.50 bits per heavy atom. The van der Waals surface area contributed by atoms with E-state index in [1.54, 1.807) is 18.3 Å². The minimum atomic E-state index is -1.15. The van der Waals surface area contributed by atoms with Crippen molar-refractivity contribution in [2.45, 2.75) is 50.4 Å². The lowest BCUT2D eigenvalue weighted by Gasteiger charge is -2.29. The number of hydrogen-bond acceptors (Lipinski definition) is 7. The SMILES string of the molecule is NC(=O)[C@H]1CC[C@H](n2c(Nc3c(Cl)cc(Cl)cc3Cl)nc3cnc(N[C@H]4CCOC[C@H]4F)nc32)CC1. The van der Waals surface area contributed by atoms with Gasteiger partial charge in [-0.05, 0) is 44.2 Å². The normalized spacial score (nSPS) is 24.6. The largest absolute Gasteiger partial charge is 0.378 e. The number of rotatable bonds is 6. The van der Waals surface area contributed by atoms with Gasteiger partial charge >= 0.3 is 0 Å². The summed E-state index contributed by atoms with van der Waals surface area (Å²) in [5.41, 5.74) is 7.11. The highest BCUT2D eigenvalue weighted by atomic mass is 35.5. The number of primary amides is 1. The Morgan fingerprint density at radius 2 is 1.83 bits per heavy atom. The molecule has 3 heterocycles. The molecule has 0 spiro atoms. The van der Waals surface area contributed by atoms with Gasteiger partial charge in [0, 0.05) is 23.6 Å². The Labute approximate surface area is 221 Å². The van der Waals surface area contributed by atoms with Crippen molar-refractivity contribution in [3.05, 3.63) is 33.4 Å². The van der Waals surface area contributed by atoms with E-state index < -0.39 is 12.2 Å². The van der Waals surface area contributed by atoms with E-state index in [-0.39, 0.29) is 24.5 Å². The monoisotopic (exact) mass is 555 g/mol. The smallest absolute Gasteiger partial charge is 0.225 e. The van der Waals surface area contributed by atoms with Crippen LogP contribution in [0.15, 0.2) is 18.3 Å². The van der Waals surface area contributed by atoms with Gasteiger partial charge in [-0.3, -0.25) is 9.36 Å². The second-order valence-corrected chi connectivity index (χ2v) is 10.4. The third-order valence-corrected chi connectivity index (χ3v) is 7.56. The van der Waals surface area contributed by atoms with Crippen molar-refractivity contribution in [3.63, 3.8) is 0 Å². The van der Waals surface area contributed by atoms with Crippen LogP contribution >= 0.6 is 34.8 Å². The molecule has 1 saturated heterocycles. The van der Waals surface area contributed by atoms with Crippen LogP contribution in [-0.2, 0) is 9.53 Å². The van der Waals surface area contributed by atoms with E-state index in [1.165, 1.54) is 0 Å². The van der Waals surface area contributed by atoms with Crippen LogP contribution in [0.3, 0.4) is 0 Å². The predicted octanol–water partition coefficient (Wildman–Crippen LogP) is 5.29. The quantitative estimate of drug-likeness (QED) is 0.377. The van der Waals surface area contributed by atoms with Crippen molar-refractivity contribution in [3.8, 4) is 0 Å². The molecule has 36 heavy (non-hydrogen) atoms. The summed E-state index contributed by atoms with van der Waals surface area (Å²) in [5, 5.41) is 7.43. The molecule has 1 amide bonds. The van der Waals surface area contributed by atoms with Crippen LogP contribution in [0.5, 0.6) is 0 Å². The second-order valence-electron chi connectivity index (χ2n) is 9.12. The Balaban J connectivity index is 1.53. The van der Waals surface area contributed by atoms with Gasteiger partial charge in [0.25, 0.3) is 0 Å². The first-order chi connectivity index (χ1) is 17.3. The Hall–Kier alpha value is -2.40. The standard InChI is InChI=1S/C23H25Cl3FN7O2/c24-12-7-14(25)19(15(26)8-12)32-23-31-18-9-29-22(30-17-5-6-36-10-16(17)27)33-21(18)34(23)13-3-1-11(2-4-13)20(28)35/h7-9,11,13,16-17H,1-6,10H2,(H2,28,35)(H,31,32)(H,29,30,33)/t11-,13-,16-,17+/m1/s1. The van der Waals surface area contributed by atoms with Crippen LogP contribution in [0, 0.1) is 5.92 Å². The molecule has 2 fully saturated rings. The van der Waals surface area contributed by atoms with Crippen molar-refractivity contribution in [2.24, 2.45) is 11.7 Å². The van der Waals surface area contributed by atoms with Crippen LogP contribution < -0.4 is 16.4 Å². The molecule has 13 heteroatoms. The van der Waals surface area contributed by atoms with E-state index in [4.69, 9.17) is 55.2 Å². The lowest BCUT2D eigenvalue weighted by Crippen LogP contribution is -2.39. The first-order valence-corrected chi connectivity index (χ1v) is 12.9. The summed E-state index contributed by atoms with van der Waals surface area (Å²) < 4.78 is 21.5. The van der Waals surface area contributed by atoms with Crippen LogP contribution in [0.25, 0.3) is 11.2 Å². The number of anilines is 3. The van der Waals surface area contributed by atoms with Gasteiger partial charge < -0.3 is 21.1 Å². The number of amides is 1. The van der Waals surface area contributed by atoms with Gasteiger partial charge in [0.1, 0.15) is 11.7 Å². The highest BCUT2D eigenvalue weighted by Crippen LogP contribution is 2.40. The molecule has 2 aromatic heterocycles. The number of alkyl halides is 1. The maximum Gasteiger partial charge on any atom is 0.225 e. The van der Waals surface area contributed by atoms with Crippen molar-refractivity contribution in [1.82, 2.24) is 19.5 Å². The summed E-state index contributed by atoms with van der Waals surface area (Å²) in [6.07, 6.45) is 3.67. The maximum absolute atomic E-state index is 14.3. The van der Waals surface area contributed by atoms with Crippen LogP contribution in [-0.4, -0.2) is 50.9 Å². The average Bonchev–Trinajstić information content (AvgIpc) is 3.20. The number of nitrogens with zero attached hydrogens (tertiary/aromatic N) is 4. The van der Waals surface area contributed by atoms with Gasteiger partial charge in [0.2, 0.25) is 17.8 Å².